The number of hydrogen-bond donors (Lipinski definition) is 2. The van der Waals surface area contributed by atoms with Gasteiger partial charge in [0.05, 0.1) is 19.2 Å². The number of ether oxygens (including phenoxy) is 1. The third-order valence-electron chi connectivity index (χ3n) is 3.93. The van der Waals surface area contributed by atoms with Crippen LogP contribution >= 0.6 is 0 Å². The lowest BCUT2D eigenvalue weighted by molar-refractivity contribution is -0.121. The Morgan fingerprint density at radius 3 is 2.75 bits per heavy atom. The summed E-state index contributed by atoms with van der Waals surface area (Å²) in [6.45, 7) is 6.12. The first-order chi connectivity index (χ1) is 9.66. The van der Waals surface area contributed by atoms with Crippen LogP contribution in [0.1, 0.15) is 31.9 Å². The maximum absolute atomic E-state index is 11.9. The number of nitrogens with one attached hydrogen (secondary N) is 2. The van der Waals surface area contributed by atoms with Crippen molar-refractivity contribution in [3.8, 4) is 0 Å². The molecule has 1 saturated heterocycles. The highest BCUT2D eigenvalue weighted by Gasteiger charge is 2.22. The summed E-state index contributed by atoms with van der Waals surface area (Å²) in [6.07, 6.45) is 1.08. The van der Waals surface area contributed by atoms with Crippen molar-refractivity contribution in [2.75, 3.05) is 19.8 Å². The van der Waals surface area contributed by atoms with Crippen LogP contribution in [0.3, 0.4) is 0 Å². The molecule has 0 aromatic heterocycles. The van der Waals surface area contributed by atoms with Gasteiger partial charge in [0.25, 0.3) is 0 Å². The molecule has 0 bridgehead atoms. The van der Waals surface area contributed by atoms with Crippen molar-refractivity contribution in [3.63, 3.8) is 0 Å². The second-order valence-electron chi connectivity index (χ2n) is 5.49. The zero-order valence-electron chi connectivity index (χ0n) is 12.3. The lowest BCUT2D eigenvalue weighted by Crippen LogP contribution is -2.42. The van der Waals surface area contributed by atoms with Gasteiger partial charge in [-0.1, -0.05) is 30.3 Å². The van der Waals surface area contributed by atoms with Crippen LogP contribution in [0.5, 0.6) is 0 Å². The first-order valence-electron chi connectivity index (χ1n) is 7.32. The van der Waals surface area contributed by atoms with Gasteiger partial charge in [-0.05, 0) is 31.7 Å². The Morgan fingerprint density at radius 2 is 2.10 bits per heavy atom. The molecule has 0 spiro atoms. The molecule has 3 atom stereocenters. The summed E-state index contributed by atoms with van der Waals surface area (Å²) >= 11 is 0. The molecule has 1 aliphatic heterocycles. The largest absolute Gasteiger partial charge is 0.381 e. The summed E-state index contributed by atoms with van der Waals surface area (Å²) < 4.78 is 5.37. The molecule has 0 aliphatic carbocycles. The van der Waals surface area contributed by atoms with E-state index in [0.717, 1.165) is 25.2 Å². The first-order valence-corrected chi connectivity index (χ1v) is 7.32. The molecule has 4 nitrogen and oxygen atoms in total. The second-order valence-corrected chi connectivity index (χ2v) is 5.49. The maximum atomic E-state index is 11.9. The maximum Gasteiger partial charge on any atom is 0.234 e. The van der Waals surface area contributed by atoms with Gasteiger partial charge >= 0.3 is 0 Å². The lowest BCUT2D eigenvalue weighted by Gasteiger charge is -2.20. The molecule has 1 amide bonds. The van der Waals surface area contributed by atoms with Crippen molar-refractivity contribution < 1.29 is 9.53 Å². The topological polar surface area (TPSA) is 50.4 Å². The minimum Gasteiger partial charge on any atom is -0.381 e. The smallest absolute Gasteiger partial charge is 0.234 e. The van der Waals surface area contributed by atoms with Crippen molar-refractivity contribution in [2.24, 2.45) is 5.92 Å². The number of benzene rings is 1. The van der Waals surface area contributed by atoms with Gasteiger partial charge in [0.2, 0.25) is 5.91 Å². The van der Waals surface area contributed by atoms with Crippen molar-refractivity contribution >= 4 is 5.91 Å². The summed E-state index contributed by atoms with van der Waals surface area (Å²) in [5.41, 5.74) is 1.12. The van der Waals surface area contributed by atoms with Gasteiger partial charge in [-0.2, -0.15) is 0 Å². The van der Waals surface area contributed by atoms with Crippen LogP contribution in [0.15, 0.2) is 30.3 Å². The molecule has 2 N–H and O–H groups in total. The van der Waals surface area contributed by atoms with Crippen LogP contribution < -0.4 is 10.6 Å². The van der Waals surface area contributed by atoms with Gasteiger partial charge in [-0.15, -0.1) is 0 Å². The minimum absolute atomic E-state index is 0.0344. The molecule has 1 aliphatic rings. The van der Waals surface area contributed by atoms with Crippen LogP contribution in [-0.2, 0) is 9.53 Å². The number of carbonyl (C=O) groups excluding carboxylic acids is 1. The number of carbonyl (C=O) groups is 1. The van der Waals surface area contributed by atoms with E-state index in [1.807, 2.05) is 37.3 Å². The van der Waals surface area contributed by atoms with Gasteiger partial charge in [-0.25, -0.2) is 0 Å². The van der Waals surface area contributed by atoms with Crippen LogP contribution in [0.2, 0.25) is 0 Å². The molecule has 1 aromatic carbocycles. The van der Waals surface area contributed by atoms with Gasteiger partial charge in [0.1, 0.15) is 0 Å². The molecule has 1 fully saturated rings. The Labute approximate surface area is 120 Å². The molecule has 0 unspecified atom stereocenters. The molecule has 2 rings (SSSR count). The Bertz CT molecular complexity index is 416. The van der Waals surface area contributed by atoms with E-state index in [-0.39, 0.29) is 11.9 Å². The molecule has 0 radical (unpaired) electrons. The van der Waals surface area contributed by atoms with E-state index in [2.05, 4.69) is 17.6 Å². The fourth-order valence-electron chi connectivity index (χ4n) is 2.48. The molecular formula is C16H24N2O2. The molecule has 110 valence electrons. The van der Waals surface area contributed by atoms with Crippen molar-refractivity contribution in [3.05, 3.63) is 35.9 Å². The van der Waals surface area contributed by atoms with Gasteiger partial charge in [-0.3, -0.25) is 4.79 Å². The van der Waals surface area contributed by atoms with E-state index >= 15 is 0 Å². The number of hydrogen-bond acceptors (Lipinski definition) is 3. The van der Waals surface area contributed by atoms with Crippen LogP contribution in [0, 0.1) is 5.92 Å². The average molecular weight is 276 g/mol. The second kappa shape index (κ2) is 7.41. The predicted octanol–water partition coefficient (Wildman–Crippen LogP) is 1.88. The molecule has 20 heavy (non-hydrogen) atoms. The third-order valence-corrected chi connectivity index (χ3v) is 3.93. The van der Waals surface area contributed by atoms with E-state index in [4.69, 9.17) is 4.74 Å². The molecule has 0 saturated carbocycles. The number of amides is 1. The van der Waals surface area contributed by atoms with Crippen LogP contribution in [0.4, 0.5) is 0 Å². The van der Waals surface area contributed by atoms with E-state index < -0.39 is 0 Å². The Balaban J connectivity index is 1.72. The van der Waals surface area contributed by atoms with E-state index in [0.29, 0.717) is 18.5 Å². The van der Waals surface area contributed by atoms with Crippen LogP contribution in [0.25, 0.3) is 0 Å². The van der Waals surface area contributed by atoms with Crippen molar-refractivity contribution in [2.45, 2.75) is 32.4 Å². The van der Waals surface area contributed by atoms with Crippen LogP contribution in [-0.4, -0.2) is 31.7 Å². The highest BCUT2D eigenvalue weighted by atomic mass is 16.5. The number of rotatable bonds is 6. The van der Waals surface area contributed by atoms with Gasteiger partial charge in [0.15, 0.2) is 0 Å². The highest BCUT2D eigenvalue weighted by molar-refractivity contribution is 5.78. The fraction of sp³-hybridized carbons (Fsp3) is 0.562. The first kappa shape index (κ1) is 15.0. The van der Waals surface area contributed by atoms with Gasteiger partial charge in [0, 0.05) is 12.6 Å². The summed E-state index contributed by atoms with van der Waals surface area (Å²) in [4.78, 5) is 11.9. The zero-order chi connectivity index (χ0) is 14.4. The third kappa shape index (κ3) is 4.32. The Hall–Kier alpha value is -1.39. The van der Waals surface area contributed by atoms with Crippen molar-refractivity contribution in [1.29, 1.82) is 0 Å². The monoisotopic (exact) mass is 276 g/mol. The van der Waals surface area contributed by atoms with Crippen molar-refractivity contribution in [1.82, 2.24) is 10.6 Å². The van der Waals surface area contributed by atoms with E-state index in [9.17, 15) is 4.79 Å². The molecular weight excluding hydrogens is 252 g/mol. The molecule has 1 heterocycles. The van der Waals surface area contributed by atoms with Gasteiger partial charge < -0.3 is 15.4 Å². The highest BCUT2D eigenvalue weighted by Crippen LogP contribution is 2.16. The Kier molecular flexibility index (Phi) is 5.56. The summed E-state index contributed by atoms with van der Waals surface area (Å²) in [7, 11) is 0. The quantitative estimate of drug-likeness (QED) is 0.834. The summed E-state index contributed by atoms with van der Waals surface area (Å²) in [6, 6.07) is 10.3. The van der Waals surface area contributed by atoms with E-state index in [1.54, 1.807) is 0 Å². The van der Waals surface area contributed by atoms with E-state index in [1.165, 1.54) is 0 Å². The normalized spacial score (nSPS) is 21.4. The summed E-state index contributed by atoms with van der Waals surface area (Å²) in [5.74, 6) is 0.557. The lowest BCUT2D eigenvalue weighted by atomic mass is 10.0. The SMILES string of the molecule is C[C@H](NC(=O)CN[C@@H](C)[C@@H]1CCOC1)c1ccccc1. The minimum atomic E-state index is 0.0344. The predicted molar refractivity (Wildman–Crippen MR) is 79.4 cm³/mol. The zero-order valence-corrected chi connectivity index (χ0v) is 12.3. The summed E-state index contributed by atoms with van der Waals surface area (Å²) in [5, 5.41) is 6.30. The molecule has 1 aromatic rings. The Morgan fingerprint density at radius 1 is 1.35 bits per heavy atom. The average Bonchev–Trinajstić information content (AvgIpc) is 3.00. The standard InChI is InChI=1S/C16H24N2O2/c1-12(15-8-9-20-11-15)17-10-16(19)18-13(2)14-6-4-3-5-7-14/h3-7,12-13,15,17H,8-11H2,1-2H3,(H,18,19)/t12-,13-,15+/m0/s1. The molecule has 4 heteroatoms. The fourth-order valence-corrected chi connectivity index (χ4v) is 2.48.